The molecule has 3 amide bonds. The van der Waals surface area contributed by atoms with Gasteiger partial charge in [-0.05, 0) is 131 Å². The second-order valence-corrected chi connectivity index (χ2v) is 18.4. The molecular formula is C43H76N2O15. The third-order valence-corrected chi connectivity index (χ3v) is 7.06. The van der Waals surface area contributed by atoms with Gasteiger partial charge in [-0.25, -0.2) is 33.6 Å². The van der Waals surface area contributed by atoms with E-state index >= 15 is 0 Å². The van der Waals surface area contributed by atoms with Gasteiger partial charge in [-0.3, -0.25) is 0 Å². The van der Waals surface area contributed by atoms with Crippen LogP contribution in [0.5, 0.6) is 0 Å². The van der Waals surface area contributed by atoms with Gasteiger partial charge >= 0.3 is 42.5 Å². The molecule has 2 fully saturated rings. The number of hydrogen-bond donors (Lipinski definition) is 1. The van der Waals surface area contributed by atoms with Crippen LogP contribution in [-0.2, 0) is 47.5 Å². The van der Waals surface area contributed by atoms with Gasteiger partial charge in [-0.2, -0.15) is 4.90 Å². The molecular weight excluding hydrogens is 784 g/mol. The van der Waals surface area contributed by atoms with Crippen LogP contribution in [0.25, 0.3) is 0 Å². The molecule has 2 saturated carbocycles. The van der Waals surface area contributed by atoms with Gasteiger partial charge in [0.25, 0.3) is 0 Å². The Morgan fingerprint density at radius 2 is 0.917 bits per heavy atom. The topological polar surface area (TPSA) is 209 Å². The summed E-state index contributed by atoms with van der Waals surface area (Å²) in [4.78, 5) is 84.3. The van der Waals surface area contributed by atoms with Gasteiger partial charge in [0.2, 0.25) is 0 Å². The summed E-state index contributed by atoms with van der Waals surface area (Å²) in [6.07, 6.45) is -0.707. The SMILES string of the molecule is C.C.C=C[C@@H]1C[C@@]1(C(=O)OCC)N(C(=O)OC(C)(C)C)C(=O)OC(C)(C)C.C=C[C@@H]1C[C@]1(NC(=O)OC(C)(C)C)C(=O)OCC.CC(C)(C)OC(=O)OC(=O)OC(C)(C)C. The molecule has 17 nitrogen and oxygen atoms in total. The minimum Gasteiger partial charge on any atom is -0.464 e. The highest BCUT2D eigenvalue weighted by Gasteiger charge is 2.69. The number of nitrogens with zero attached hydrogens (tertiary/aromatic N) is 1. The number of alkyl carbamates (subject to hydrolysis) is 1. The summed E-state index contributed by atoms with van der Waals surface area (Å²) in [7, 11) is 0. The Labute approximate surface area is 358 Å². The number of hydrogen-bond acceptors (Lipinski definition) is 15. The van der Waals surface area contributed by atoms with Crippen molar-refractivity contribution in [2.24, 2.45) is 11.8 Å². The molecule has 4 atom stereocenters. The van der Waals surface area contributed by atoms with Crippen molar-refractivity contribution in [3.8, 4) is 0 Å². The van der Waals surface area contributed by atoms with Gasteiger partial charge in [-0.1, -0.05) is 27.0 Å². The second kappa shape index (κ2) is 22.7. The minimum atomic E-state index is -1.47. The van der Waals surface area contributed by atoms with E-state index in [1.165, 1.54) is 6.08 Å². The lowest BCUT2D eigenvalue weighted by molar-refractivity contribution is -0.151. The largest absolute Gasteiger partial charge is 0.519 e. The maximum absolute atomic E-state index is 12.7. The van der Waals surface area contributed by atoms with E-state index in [4.69, 9.17) is 33.2 Å². The van der Waals surface area contributed by atoms with Crippen molar-refractivity contribution in [1.82, 2.24) is 10.2 Å². The molecule has 0 saturated heterocycles. The summed E-state index contributed by atoms with van der Waals surface area (Å²) in [6, 6.07) is 0. The van der Waals surface area contributed by atoms with Crippen LogP contribution in [0, 0.1) is 11.8 Å². The molecule has 0 bridgehead atoms. The van der Waals surface area contributed by atoms with E-state index in [0.717, 1.165) is 4.90 Å². The van der Waals surface area contributed by atoms with Gasteiger partial charge in [0.1, 0.15) is 33.5 Å². The molecule has 2 aliphatic carbocycles. The van der Waals surface area contributed by atoms with Crippen LogP contribution in [0.15, 0.2) is 25.3 Å². The van der Waals surface area contributed by atoms with Crippen molar-refractivity contribution in [2.45, 2.75) is 184 Å². The molecule has 0 aromatic rings. The fourth-order valence-electron chi connectivity index (χ4n) is 4.77. The molecule has 0 aliphatic heterocycles. The first kappa shape index (κ1) is 59.5. The van der Waals surface area contributed by atoms with Crippen LogP contribution >= 0.6 is 0 Å². The van der Waals surface area contributed by atoms with Crippen LogP contribution in [0.3, 0.4) is 0 Å². The number of imide groups is 1. The quantitative estimate of drug-likeness (QED) is 0.104. The molecule has 17 heteroatoms. The Hall–Kier alpha value is -4.83. The third kappa shape index (κ3) is 20.9. The van der Waals surface area contributed by atoms with Crippen molar-refractivity contribution in [3.05, 3.63) is 25.3 Å². The predicted molar refractivity (Wildman–Crippen MR) is 226 cm³/mol. The standard InChI is InChI=1S/C18H29NO6.C13H21NO4.C10H18O5.2CH4/c1-9-12-11-18(12,13(20)23-10-2)19(14(21)24-16(3,4)5)15(22)25-17(6,7)8;1-6-9-8-13(9,10(15)17-7-2)14-11(16)18-12(3,4)5;1-9(2,3)14-7(11)13-8(12)15-10(4,5)6;;/h9,12H,1,10-11H2,2-8H3;6,9H,1,7-8H2,2-5H3,(H,14,16);1-6H3;2*1H4/t12-,18-;9-,13-;;;/m11.../s1. The number of carbonyl (C=O) groups excluding carboxylic acids is 7. The molecule has 0 radical (unpaired) electrons. The van der Waals surface area contributed by atoms with Crippen molar-refractivity contribution in [1.29, 1.82) is 0 Å². The lowest BCUT2D eigenvalue weighted by Gasteiger charge is -2.33. The fraction of sp³-hybridized carbons (Fsp3) is 0.744. The smallest absolute Gasteiger partial charge is 0.464 e. The highest BCUT2D eigenvalue weighted by atomic mass is 16.8. The van der Waals surface area contributed by atoms with E-state index in [-0.39, 0.29) is 40.4 Å². The van der Waals surface area contributed by atoms with E-state index in [1.54, 1.807) is 124 Å². The molecule has 0 heterocycles. The Balaban J connectivity index is -0.000000829. The monoisotopic (exact) mass is 861 g/mol. The molecule has 0 unspecified atom stereocenters. The third-order valence-electron chi connectivity index (χ3n) is 7.06. The summed E-state index contributed by atoms with van der Waals surface area (Å²) in [5.41, 5.74) is -6.13. The average Bonchev–Trinajstić information content (AvgIpc) is 3.88. The van der Waals surface area contributed by atoms with Crippen LogP contribution in [0.4, 0.5) is 24.0 Å². The first-order chi connectivity index (χ1) is 26.0. The lowest BCUT2D eigenvalue weighted by atomic mass is 10.1. The Bertz CT molecular complexity index is 1450. The molecule has 60 heavy (non-hydrogen) atoms. The Morgan fingerprint density at radius 1 is 0.567 bits per heavy atom. The van der Waals surface area contributed by atoms with Gasteiger partial charge < -0.3 is 43.2 Å². The normalized spacial score (nSPS) is 20.2. The zero-order chi connectivity index (χ0) is 45.9. The second-order valence-electron chi connectivity index (χ2n) is 18.4. The molecule has 0 aromatic heterocycles. The maximum Gasteiger partial charge on any atom is 0.519 e. The summed E-state index contributed by atoms with van der Waals surface area (Å²) < 4.78 is 39.7. The first-order valence-corrected chi connectivity index (χ1v) is 19.0. The van der Waals surface area contributed by atoms with Gasteiger partial charge in [-0.15, -0.1) is 13.2 Å². The number of nitrogens with one attached hydrogen (secondary N) is 1. The average molecular weight is 861 g/mol. The highest BCUT2D eigenvalue weighted by Crippen LogP contribution is 2.51. The number of ether oxygens (including phenoxy) is 8. The van der Waals surface area contributed by atoms with E-state index in [0.29, 0.717) is 6.42 Å². The van der Waals surface area contributed by atoms with Crippen molar-refractivity contribution < 1.29 is 71.5 Å². The number of rotatable bonds is 8. The first-order valence-electron chi connectivity index (χ1n) is 19.0. The van der Waals surface area contributed by atoms with Crippen LogP contribution < -0.4 is 5.32 Å². The van der Waals surface area contributed by atoms with Gasteiger partial charge in [0.05, 0.1) is 13.2 Å². The van der Waals surface area contributed by atoms with Crippen LogP contribution in [0.2, 0.25) is 0 Å². The Kier molecular flexibility index (Phi) is 22.5. The molecule has 1 N–H and O–H groups in total. The predicted octanol–water partition coefficient (Wildman–Crippen LogP) is 9.83. The molecule has 2 aliphatic rings. The summed E-state index contributed by atoms with van der Waals surface area (Å²) in [5, 5.41) is 2.60. The number of esters is 2. The summed E-state index contributed by atoms with van der Waals surface area (Å²) in [5.74, 6) is -1.60. The summed E-state index contributed by atoms with van der Waals surface area (Å²) >= 11 is 0. The van der Waals surface area contributed by atoms with Crippen molar-refractivity contribution in [2.75, 3.05) is 13.2 Å². The van der Waals surface area contributed by atoms with Crippen molar-refractivity contribution in [3.63, 3.8) is 0 Å². The lowest BCUT2D eigenvalue weighted by Crippen LogP contribution is -2.55. The number of carbonyl (C=O) groups is 7. The van der Waals surface area contributed by atoms with Crippen molar-refractivity contribution >= 4 is 42.5 Å². The van der Waals surface area contributed by atoms with Gasteiger partial charge in [0.15, 0.2) is 5.54 Å². The van der Waals surface area contributed by atoms with E-state index in [2.05, 4.69) is 23.2 Å². The maximum atomic E-state index is 12.7. The fourth-order valence-corrected chi connectivity index (χ4v) is 4.77. The molecule has 348 valence electrons. The molecule has 0 aromatic carbocycles. The zero-order valence-electron chi connectivity index (χ0n) is 37.6. The minimum absolute atomic E-state index is 0. The summed E-state index contributed by atoms with van der Waals surface area (Å²) in [6.45, 7) is 36.5. The Morgan fingerprint density at radius 3 is 1.20 bits per heavy atom. The van der Waals surface area contributed by atoms with Gasteiger partial charge in [0, 0.05) is 11.8 Å². The zero-order valence-corrected chi connectivity index (χ0v) is 37.6. The van der Waals surface area contributed by atoms with E-state index in [9.17, 15) is 33.6 Å². The van der Waals surface area contributed by atoms with E-state index in [1.807, 2.05) is 0 Å². The van der Waals surface area contributed by atoms with Crippen LogP contribution in [0.1, 0.15) is 145 Å². The molecule has 2 rings (SSSR count). The highest BCUT2D eigenvalue weighted by molar-refractivity contribution is 5.99. The van der Waals surface area contributed by atoms with Crippen LogP contribution in [-0.4, -0.2) is 99.7 Å². The number of amides is 3. The molecule has 0 spiro atoms. The van der Waals surface area contributed by atoms with E-state index < -0.39 is 87.5 Å².